The van der Waals surface area contributed by atoms with Gasteiger partial charge in [-0.15, -0.1) is 0 Å². The summed E-state index contributed by atoms with van der Waals surface area (Å²) in [5.41, 5.74) is 3.88. The number of rotatable bonds is 8. The van der Waals surface area contributed by atoms with Crippen LogP contribution in [-0.4, -0.2) is 0 Å². The van der Waals surface area contributed by atoms with Gasteiger partial charge in [-0.1, -0.05) is 53.6 Å². The first-order chi connectivity index (χ1) is 10.8. The third-order valence-electron chi connectivity index (χ3n) is 4.17. The molecule has 0 N–H and O–H groups in total. The Balaban J connectivity index is 2.78. The Hall–Kier alpha value is -1.81. The van der Waals surface area contributed by atoms with Gasteiger partial charge in [0, 0.05) is 0 Å². The molecule has 1 heteroatoms. The number of benzene rings is 1. The quantitative estimate of drug-likeness (QED) is 0.485. The fourth-order valence-electron chi connectivity index (χ4n) is 2.76. The molecule has 0 aliphatic rings. The summed E-state index contributed by atoms with van der Waals surface area (Å²) in [6, 6.07) is 13.1. The molecule has 23 heavy (non-hydrogen) atoms. The lowest BCUT2D eigenvalue weighted by Crippen LogP contribution is -2.13. The van der Waals surface area contributed by atoms with Crippen molar-refractivity contribution in [3.63, 3.8) is 0 Å². The summed E-state index contributed by atoms with van der Waals surface area (Å²) in [4.78, 5) is 0. The summed E-state index contributed by atoms with van der Waals surface area (Å²) in [5.74, 6) is 0.407. The van der Waals surface area contributed by atoms with Gasteiger partial charge in [0.05, 0.1) is 11.5 Å². The van der Waals surface area contributed by atoms with Gasteiger partial charge in [-0.3, -0.25) is 0 Å². The molecule has 124 valence electrons. The Morgan fingerprint density at radius 2 is 1.78 bits per heavy atom. The van der Waals surface area contributed by atoms with Crippen LogP contribution < -0.4 is 0 Å². The smallest absolute Gasteiger partial charge is 0.0684 e. The van der Waals surface area contributed by atoms with Crippen molar-refractivity contribution >= 4 is 0 Å². The van der Waals surface area contributed by atoms with Gasteiger partial charge in [0.1, 0.15) is 0 Å². The lowest BCUT2D eigenvalue weighted by atomic mass is 9.79. The molecule has 0 bridgehead atoms. The minimum atomic E-state index is -0.287. The van der Waals surface area contributed by atoms with E-state index in [0.29, 0.717) is 5.92 Å². The maximum atomic E-state index is 9.36. The first-order valence-electron chi connectivity index (χ1n) is 8.59. The number of allylic oxidation sites excluding steroid dienone is 4. The highest BCUT2D eigenvalue weighted by atomic mass is 14.3. The highest BCUT2D eigenvalue weighted by molar-refractivity contribution is 5.22. The number of hydrogen-bond donors (Lipinski definition) is 0. The van der Waals surface area contributed by atoms with Gasteiger partial charge in [-0.05, 0) is 71.8 Å². The molecule has 1 rings (SSSR count). The van der Waals surface area contributed by atoms with Crippen molar-refractivity contribution in [3.05, 3.63) is 59.2 Å². The van der Waals surface area contributed by atoms with Crippen molar-refractivity contribution in [1.29, 1.82) is 5.26 Å². The van der Waals surface area contributed by atoms with E-state index in [1.807, 2.05) is 13.8 Å². The van der Waals surface area contributed by atoms with Crippen LogP contribution in [0.15, 0.2) is 53.6 Å². The first-order valence-corrected chi connectivity index (χ1v) is 8.59. The maximum Gasteiger partial charge on any atom is 0.0684 e. The second kappa shape index (κ2) is 9.36. The fourth-order valence-corrected chi connectivity index (χ4v) is 2.76. The van der Waals surface area contributed by atoms with Gasteiger partial charge in [-0.2, -0.15) is 5.26 Å². The molecule has 1 unspecified atom stereocenters. The maximum absolute atomic E-state index is 9.36. The summed E-state index contributed by atoms with van der Waals surface area (Å²) in [6.45, 7) is 10.6. The first kappa shape index (κ1) is 19.2. The molecular formula is C22H31N. The minimum Gasteiger partial charge on any atom is -0.198 e. The molecule has 0 amide bonds. The van der Waals surface area contributed by atoms with Gasteiger partial charge in [0.25, 0.3) is 0 Å². The Morgan fingerprint density at radius 1 is 1.13 bits per heavy atom. The van der Waals surface area contributed by atoms with E-state index < -0.39 is 0 Å². The van der Waals surface area contributed by atoms with E-state index in [0.717, 1.165) is 25.7 Å². The van der Waals surface area contributed by atoms with Crippen LogP contribution in [0.1, 0.15) is 71.8 Å². The average Bonchev–Trinajstić information content (AvgIpc) is 2.52. The molecule has 0 fully saturated rings. The van der Waals surface area contributed by atoms with Gasteiger partial charge in [-0.25, -0.2) is 0 Å². The average molecular weight is 309 g/mol. The van der Waals surface area contributed by atoms with Crippen molar-refractivity contribution in [1.82, 2.24) is 0 Å². The predicted molar refractivity (Wildman–Crippen MR) is 100 cm³/mol. The van der Waals surface area contributed by atoms with Crippen LogP contribution in [0.5, 0.6) is 0 Å². The van der Waals surface area contributed by atoms with E-state index in [9.17, 15) is 5.26 Å². The summed E-state index contributed by atoms with van der Waals surface area (Å²) in [6.07, 6.45) is 8.80. The second-order valence-corrected chi connectivity index (χ2v) is 7.41. The van der Waals surface area contributed by atoms with E-state index in [-0.39, 0.29) is 5.41 Å². The highest BCUT2D eigenvalue weighted by Gasteiger charge is 2.23. The number of nitriles is 1. The molecule has 0 saturated carbocycles. The minimum absolute atomic E-state index is 0.287. The van der Waals surface area contributed by atoms with Crippen LogP contribution in [-0.2, 0) is 0 Å². The molecule has 1 aromatic rings. The van der Waals surface area contributed by atoms with Crippen LogP contribution in [0.3, 0.4) is 0 Å². The SMILES string of the molecule is CC(C)=CCC/C(C)=C\CC(CC(C)(C)C#N)c1ccccc1. The Morgan fingerprint density at radius 3 is 2.35 bits per heavy atom. The van der Waals surface area contributed by atoms with Crippen LogP contribution >= 0.6 is 0 Å². The zero-order chi connectivity index (χ0) is 17.3. The van der Waals surface area contributed by atoms with E-state index >= 15 is 0 Å². The molecule has 0 aromatic heterocycles. The zero-order valence-corrected chi connectivity index (χ0v) is 15.4. The third-order valence-corrected chi connectivity index (χ3v) is 4.17. The van der Waals surface area contributed by atoms with Gasteiger partial charge in [0.2, 0.25) is 0 Å². The van der Waals surface area contributed by atoms with E-state index in [4.69, 9.17) is 0 Å². The van der Waals surface area contributed by atoms with Gasteiger partial charge in [0.15, 0.2) is 0 Å². The van der Waals surface area contributed by atoms with Gasteiger partial charge < -0.3 is 0 Å². The largest absolute Gasteiger partial charge is 0.198 e. The monoisotopic (exact) mass is 309 g/mol. The molecule has 0 heterocycles. The molecule has 0 spiro atoms. The zero-order valence-electron chi connectivity index (χ0n) is 15.4. The van der Waals surface area contributed by atoms with Crippen molar-refractivity contribution in [2.75, 3.05) is 0 Å². The second-order valence-electron chi connectivity index (χ2n) is 7.41. The van der Waals surface area contributed by atoms with Crippen LogP contribution in [0.25, 0.3) is 0 Å². The summed E-state index contributed by atoms with van der Waals surface area (Å²) in [5, 5.41) is 9.36. The Bertz CT molecular complexity index is 566. The molecule has 0 aliphatic heterocycles. The fraction of sp³-hybridized carbons (Fsp3) is 0.500. The molecule has 0 aliphatic carbocycles. The Kier molecular flexibility index (Phi) is 7.83. The van der Waals surface area contributed by atoms with Crippen molar-refractivity contribution in [2.45, 2.75) is 66.2 Å². The van der Waals surface area contributed by atoms with E-state index in [2.05, 4.69) is 69.3 Å². The molecule has 0 saturated heterocycles. The summed E-state index contributed by atoms with van der Waals surface area (Å²) in [7, 11) is 0. The summed E-state index contributed by atoms with van der Waals surface area (Å²) >= 11 is 0. The molecule has 1 nitrogen and oxygen atoms in total. The summed E-state index contributed by atoms with van der Waals surface area (Å²) < 4.78 is 0. The normalized spacial score (nSPS) is 13.3. The molecular weight excluding hydrogens is 278 g/mol. The van der Waals surface area contributed by atoms with Crippen LogP contribution in [0, 0.1) is 16.7 Å². The number of nitrogens with zero attached hydrogens (tertiary/aromatic N) is 1. The third kappa shape index (κ3) is 7.84. The predicted octanol–water partition coefficient (Wildman–Crippen LogP) is 6.79. The number of hydrogen-bond acceptors (Lipinski definition) is 1. The van der Waals surface area contributed by atoms with Crippen molar-refractivity contribution in [3.8, 4) is 6.07 Å². The van der Waals surface area contributed by atoms with Gasteiger partial charge >= 0.3 is 0 Å². The van der Waals surface area contributed by atoms with Crippen molar-refractivity contribution in [2.24, 2.45) is 5.41 Å². The van der Waals surface area contributed by atoms with Crippen LogP contribution in [0.2, 0.25) is 0 Å². The highest BCUT2D eigenvalue weighted by Crippen LogP contribution is 2.34. The van der Waals surface area contributed by atoms with E-state index in [1.54, 1.807) is 0 Å². The lowest BCUT2D eigenvalue weighted by Gasteiger charge is -2.23. The molecule has 1 atom stereocenters. The van der Waals surface area contributed by atoms with E-state index in [1.165, 1.54) is 16.7 Å². The van der Waals surface area contributed by atoms with Crippen molar-refractivity contribution < 1.29 is 0 Å². The topological polar surface area (TPSA) is 23.8 Å². The molecule has 0 radical (unpaired) electrons. The lowest BCUT2D eigenvalue weighted by molar-refractivity contribution is 0.400. The van der Waals surface area contributed by atoms with Crippen LogP contribution in [0.4, 0.5) is 0 Å². The standard InChI is InChI=1S/C22H31N/c1-18(2)10-9-11-19(3)14-15-21(16-22(4,5)17-23)20-12-7-6-8-13-20/h6-8,10,12-14,21H,9,11,15-16H2,1-5H3/b19-14-. The molecule has 1 aromatic carbocycles. The Labute approximate surface area is 142 Å².